The van der Waals surface area contributed by atoms with Crippen LogP contribution in [0.2, 0.25) is 0 Å². The molecule has 1 N–H and O–H groups in total. The third-order valence-electron chi connectivity index (χ3n) is 3.76. The summed E-state index contributed by atoms with van der Waals surface area (Å²) in [5, 5.41) is 2.50. The minimum absolute atomic E-state index is 0.102. The summed E-state index contributed by atoms with van der Waals surface area (Å²) in [7, 11) is -4.11. The van der Waals surface area contributed by atoms with Crippen molar-refractivity contribution in [3.8, 4) is 0 Å². The lowest BCUT2D eigenvalue weighted by Gasteiger charge is -2.26. The molecule has 1 atom stereocenters. The fourth-order valence-electron chi connectivity index (χ4n) is 2.35. The first-order valence-electron chi connectivity index (χ1n) is 8.13. The summed E-state index contributed by atoms with van der Waals surface area (Å²) < 4.78 is 50.5. The number of benzene rings is 1. The number of rotatable bonds is 6. The summed E-state index contributed by atoms with van der Waals surface area (Å²) in [4.78, 5) is 23.2. The highest BCUT2D eigenvalue weighted by molar-refractivity contribution is 7.89. The molecule has 0 aromatic heterocycles. The highest BCUT2D eigenvalue weighted by atomic mass is 32.2. The number of hydrogen-bond donors (Lipinski definition) is 1. The quantitative estimate of drug-likeness (QED) is 0.713. The molecular weight excluding hydrogens is 367 g/mol. The van der Waals surface area contributed by atoms with Gasteiger partial charge in [0.1, 0.15) is 10.7 Å². The van der Waals surface area contributed by atoms with Gasteiger partial charge >= 0.3 is 5.97 Å². The number of esters is 1. The Labute approximate surface area is 151 Å². The third kappa shape index (κ3) is 4.57. The molecule has 1 fully saturated rings. The van der Waals surface area contributed by atoms with Gasteiger partial charge in [-0.05, 0) is 32.0 Å². The molecule has 1 saturated heterocycles. The minimum Gasteiger partial charge on any atom is -0.449 e. The monoisotopic (exact) mass is 388 g/mol. The van der Waals surface area contributed by atoms with Crippen LogP contribution in [0.15, 0.2) is 23.1 Å². The van der Waals surface area contributed by atoms with E-state index in [1.165, 1.54) is 6.92 Å². The number of ether oxygens (including phenoxy) is 2. The van der Waals surface area contributed by atoms with Crippen LogP contribution in [-0.2, 0) is 24.3 Å². The Bertz CT molecular complexity index is 777. The second-order valence-corrected chi connectivity index (χ2v) is 7.51. The zero-order valence-electron chi connectivity index (χ0n) is 14.5. The van der Waals surface area contributed by atoms with E-state index in [1.807, 2.05) is 0 Å². The molecule has 144 valence electrons. The summed E-state index contributed by atoms with van der Waals surface area (Å²) in [6, 6.07) is 2.92. The van der Waals surface area contributed by atoms with Crippen molar-refractivity contribution in [3.63, 3.8) is 0 Å². The predicted octanol–water partition coefficient (Wildman–Crippen LogP) is 0.528. The van der Waals surface area contributed by atoms with Gasteiger partial charge in [-0.1, -0.05) is 0 Å². The lowest BCUT2D eigenvalue weighted by molar-refractivity contribution is -0.128. The van der Waals surface area contributed by atoms with E-state index in [0.29, 0.717) is 6.54 Å². The van der Waals surface area contributed by atoms with Gasteiger partial charge < -0.3 is 14.8 Å². The molecular formula is C16H21FN2O6S. The zero-order valence-corrected chi connectivity index (χ0v) is 15.3. The van der Waals surface area contributed by atoms with Crippen LogP contribution < -0.4 is 5.32 Å². The van der Waals surface area contributed by atoms with Crippen LogP contribution in [-0.4, -0.2) is 63.6 Å². The fraction of sp³-hybridized carbons (Fsp3) is 0.500. The summed E-state index contributed by atoms with van der Waals surface area (Å²) in [5.74, 6) is -2.36. The molecule has 2 rings (SSSR count). The van der Waals surface area contributed by atoms with Gasteiger partial charge in [-0.15, -0.1) is 0 Å². The Morgan fingerprint density at radius 1 is 1.35 bits per heavy atom. The first-order valence-corrected chi connectivity index (χ1v) is 9.57. The van der Waals surface area contributed by atoms with Gasteiger partial charge in [-0.2, -0.15) is 4.31 Å². The van der Waals surface area contributed by atoms with Crippen molar-refractivity contribution in [2.24, 2.45) is 0 Å². The fourth-order valence-corrected chi connectivity index (χ4v) is 3.85. The highest BCUT2D eigenvalue weighted by Crippen LogP contribution is 2.22. The third-order valence-corrected chi connectivity index (χ3v) is 5.67. The van der Waals surface area contributed by atoms with Gasteiger partial charge in [-0.3, -0.25) is 4.79 Å². The molecule has 1 aromatic rings. The van der Waals surface area contributed by atoms with Crippen molar-refractivity contribution in [1.82, 2.24) is 9.62 Å². The first-order chi connectivity index (χ1) is 12.3. The van der Waals surface area contributed by atoms with Crippen LogP contribution >= 0.6 is 0 Å². The molecule has 0 bridgehead atoms. The summed E-state index contributed by atoms with van der Waals surface area (Å²) in [6.07, 6.45) is -1.06. The number of likely N-dealkylation sites (N-methyl/N-ethyl adjacent to an activating group) is 1. The van der Waals surface area contributed by atoms with Crippen molar-refractivity contribution < 1.29 is 31.9 Å². The number of amides is 1. The van der Waals surface area contributed by atoms with Crippen molar-refractivity contribution in [1.29, 1.82) is 0 Å². The van der Waals surface area contributed by atoms with Gasteiger partial charge in [0.05, 0.1) is 18.8 Å². The van der Waals surface area contributed by atoms with E-state index in [2.05, 4.69) is 5.32 Å². The van der Waals surface area contributed by atoms with Crippen LogP contribution in [0.1, 0.15) is 24.2 Å². The standard InChI is InChI=1S/C16H21FN2O6S/c1-3-18-15(20)11(2)25-16(21)12-4-5-13(17)14(10-12)26(22,23)19-6-8-24-9-7-19/h4-5,10-11H,3,6-9H2,1-2H3,(H,18,20)/t11-/m0/s1. The second-order valence-electron chi connectivity index (χ2n) is 5.60. The summed E-state index contributed by atoms with van der Waals surface area (Å²) >= 11 is 0. The van der Waals surface area contributed by atoms with Crippen LogP contribution in [0, 0.1) is 5.82 Å². The molecule has 1 aliphatic rings. The van der Waals surface area contributed by atoms with Gasteiger partial charge in [0.2, 0.25) is 10.0 Å². The highest BCUT2D eigenvalue weighted by Gasteiger charge is 2.30. The van der Waals surface area contributed by atoms with Crippen molar-refractivity contribution in [3.05, 3.63) is 29.6 Å². The zero-order chi connectivity index (χ0) is 19.3. The van der Waals surface area contributed by atoms with E-state index in [1.54, 1.807) is 6.92 Å². The predicted molar refractivity (Wildman–Crippen MR) is 89.5 cm³/mol. The molecule has 8 nitrogen and oxygen atoms in total. The minimum atomic E-state index is -4.11. The van der Waals surface area contributed by atoms with Crippen LogP contribution in [0.4, 0.5) is 4.39 Å². The Balaban J connectivity index is 2.23. The molecule has 1 aromatic carbocycles. The van der Waals surface area contributed by atoms with Crippen molar-refractivity contribution in [2.45, 2.75) is 24.8 Å². The Kier molecular flexibility index (Phi) is 6.68. The number of carbonyl (C=O) groups is 2. The number of carbonyl (C=O) groups excluding carboxylic acids is 2. The average molecular weight is 388 g/mol. The molecule has 0 aliphatic carbocycles. The number of morpholine rings is 1. The first kappa shape index (κ1) is 20.3. The lowest BCUT2D eigenvalue weighted by Crippen LogP contribution is -2.41. The molecule has 0 spiro atoms. The maximum absolute atomic E-state index is 14.1. The van der Waals surface area contributed by atoms with Gasteiger partial charge in [-0.25, -0.2) is 17.6 Å². The number of nitrogens with zero attached hydrogens (tertiary/aromatic N) is 1. The molecule has 1 amide bonds. The molecule has 0 radical (unpaired) electrons. The number of hydrogen-bond acceptors (Lipinski definition) is 6. The molecule has 1 heterocycles. The molecule has 1 aliphatic heterocycles. The van der Waals surface area contributed by atoms with Crippen LogP contribution in [0.25, 0.3) is 0 Å². The molecule has 0 unspecified atom stereocenters. The topological polar surface area (TPSA) is 102 Å². The molecule has 0 saturated carbocycles. The maximum Gasteiger partial charge on any atom is 0.338 e. The maximum atomic E-state index is 14.1. The lowest BCUT2D eigenvalue weighted by atomic mass is 10.2. The SMILES string of the molecule is CCNC(=O)[C@H](C)OC(=O)c1ccc(F)c(S(=O)(=O)N2CCOCC2)c1. The van der Waals surface area contributed by atoms with Gasteiger partial charge in [0.15, 0.2) is 6.10 Å². The summed E-state index contributed by atoms with van der Waals surface area (Å²) in [6.45, 7) is 4.11. The largest absolute Gasteiger partial charge is 0.449 e. The van der Waals surface area contributed by atoms with Crippen molar-refractivity contribution in [2.75, 3.05) is 32.8 Å². The van der Waals surface area contributed by atoms with E-state index >= 15 is 0 Å². The Morgan fingerprint density at radius 3 is 2.62 bits per heavy atom. The van der Waals surface area contributed by atoms with E-state index < -0.39 is 38.7 Å². The number of sulfonamides is 1. The smallest absolute Gasteiger partial charge is 0.338 e. The van der Waals surface area contributed by atoms with E-state index in [-0.39, 0.29) is 31.9 Å². The Hall–Kier alpha value is -2.04. The number of nitrogens with one attached hydrogen (secondary N) is 1. The van der Waals surface area contributed by atoms with E-state index in [0.717, 1.165) is 22.5 Å². The van der Waals surface area contributed by atoms with E-state index in [9.17, 15) is 22.4 Å². The normalized spacial score (nSPS) is 16.7. The summed E-state index contributed by atoms with van der Waals surface area (Å²) in [5.41, 5.74) is -0.158. The van der Waals surface area contributed by atoms with Gasteiger partial charge in [0.25, 0.3) is 5.91 Å². The second kappa shape index (κ2) is 8.56. The van der Waals surface area contributed by atoms with Gasteiger partial charge in [0, 0.05) is 19.6 Å². The van der Waals surface area contributed by atoms with Crippen molar-refractivity contribution >= 4 is 21.9 Å². The molecule has 10 heteroatoms. The van der Waals surface area contributed by atoms with Crippen LogP contribution in [0.5, 0.6) is 0 Å². The molecule has 26 heavy (non-hydrogen) atoms. The Morgan fingerprint density at radius 2 is 2.00 bits per heavy atom. The van der Waals surface area contributed by atoms with Crippen LogP contribution in [0.3, 0.4) is 0 Å². The van der Waals surface area contributed by atoms with E-state index in [4.69, 9.17) is 9.47 Å². The average Bonchev–Trinajstić information content (AvgIpc) is 2.62. The number of halogens is 1.